The van der Waals surface area contributed by atoms with Gasteiger partial charge in [0.1, 0.15) is 24.0 Å². The number of nitro groups is 1. The molecule has 1 aliphatic rings. The number of ether oxygens (including phenoxy) is 4. The lowest BCUT2D eigenvalue weighted by atomic mass is 9.90. The number of carbonyl (C=O) groups excluding carboxylic acids is 1. The Labute approximate surface area is 165 Å². The van der Waals surface area contributed by atoms with Crippen LogP contribution in [0.3, 0.4) is 0 Å². The van der Waals surface area contributed by atoms with Crippen molar-refractivity contribution in [1.82, 2.24) is 5.32 Å². The number of hydrogen-bond acceptors (Lipinski definition) is 9. The maximum Gasteiger partial charge on any atom is 0.513 e. The molecule has 0 aromatic heterocycles. The van der Waals surface area contributed by atoms with Crippen LogP contribution in [0.15, 0.2) is 47.2 Å². The van der Waals surface area contributed by atoms with Crippen LogP contribution in [-0.4, -0.2) is 42.7 Å². The first kappa shape index (κ1) is 21.7. The lowest BCUT2D eigenvalue weighted by Crippen LogP contribution is -2.29. The van der Waals surface area contributed by atoms with Gasteiger partial charge in [-0.1, -0.05) is 12.1 Å². The zero-order valence-electron chi connectivity index (χ0n) is 16.0. The Bertz CT molecular complexity index is 876. The summed E-state index contributed by atoms with van der Waals surface area (Å²) in [5.41, 5.74) is 0.824. The molecule has 1 aromatic carbocycles. The summed E-state index contributed by atoms with van der Waals surface area (Å²) in [6.07, 6.45) is -2.62. The minimum absolute atomic E-state index is 0.00485. The van der Waals surface area contributed by atoms with Gasteiger partial charge in [-0.15, -0.1) is 0 Å². The summed E-state index contributed by atoms with van der Waals surface area (Å²) in [7, 11) is 1.44. The first-order chi connectivity index (χ1) is 13.7. The van der Waals surface area contributed by atoms with Crippen molar-refractivity contribution in [3.63, 3.8) is 0 Å². The summed E-state index contributed by atoms with van der Waals surface area (Å²) in [6.45, 7) is 3.28. The van der Waals surface area contributed by atoms with Crippen LogP contribution in [0, 0.1) is 10.1 Å². The molecule has 156 valence electrons. The number of benzene rings is 1. The molecule has 1 aromatic rings. The average molecular weight is 408 g/mol. The van der Waals surface area contributed by atoms with E-state index < -0.39 is 23.2 Å². The quantitative estimate of drug-likeness (QED) is 0.298. The van der Waals surface area contributed by atoms with Gasteiger partial charge in [-0.3, -0.25) is 10.1 Å². The van der Waals surface area contributed by atoms with E-state index >= 15 is 0 Å². The molecule has 1 unspecified atom stereocenters. The molecule has 0 spiro atoms. The van der Waals surface area contributed by atoms with Gasteiger partial charge in [0.25, 0.3) is 5.69 Å². The summed E-state index contributed by atoms with van der Waals surface area (Å²) in [4.78, 5) is 33.8. The van der Waals surface area contributed by atoms with Gasteiger partial charge in [0, 0.05) is 19.2 Å². The number of nitro benzene ring substituents is 1. The number of dihydropyridines is 1. The number of allylic oxidation sites excluding steroid dienone is 2. The Morgan fingerprint density at radius 1 is 1.17 bits per heavy atom. The number of carboxylic acid groups (broad SMARTS) is 1. The Morgan fingerprint density at radius 2 is 1.83 bits per heavy atom. The van der Waals surface area contributed by atoms with Crippen molar-refractivity contribution in [2.75, 3.05) is 20.3 Å². The molecule has 29 heavy (non-hydrogen) atoms. The molecule has 0 radical (unpaired) electrons. The molecule has 2 N–H and O–H groups in total. The smallest absolute Gasteiger partial charge is 0.449 e. The van der Waals surface area contributed by atoms with Gasteiger partial charge in [0.05, 0.1) is 22.9 Å². The third kappa shape index (κ3) is 5.45. The molecule has 1 heterocycles. The second-order valence-electron chi connectivity index (χ2n) is 5.95. The van der Waals surface area contributed by atoms with E-state index in [2.05, 4.69) is 5.32 Å². The van der Waals surface area contributed by atoms with Crippen LogP contribution in [-0.2, 0) is 18.9 Å². The summed E-state index contributed by atoms with van der Waals surface area (Å²) in [5.74, 6) is -1.11. The fraction of sp³-hybridized carbons (Fsp3) is 0.333. The zero-order valence-corrected chi connectivity index (χ0v) is 16.0. The number of nitrogens with zero attached hydrogens (tertiary/aromatic N) is 1. The number of hydrogen-bond donors (Lipinski definition) is 2. The molecule has 0 saturated heterocycles. The van der Waals surface area contributed by atoms with E-state index in [1.54, 1.807) is 13.8 Å². The predicted octanol–water partition coefficient (Wildman–Crippen LogP) is 3.24. The zero-order chi connectivity index (χ0) is 21.6. The number of carbonyl (C=O) groups is 2. The largest absolute Gasteiger partial charge is 0.513 e. The second kappa shape index (κ2) is 9.55. The van der Waals surface area contributed by atoms with Crippen LogP contribution in [0.4, 0.5) is 15.3 Å². The average Bonchev–Trinajstić information content (AvgIpc) is 2.65. The van der Waals surface area contributed by atoms with Crippen LogP contribution in [0.2, 0.25) is 0 Å². The summed E-state index contributed by atoms with van der Waals surface area (Å²) >= 11 is 0. The SMILES string of the molecule is COCCOC(=O)OC1=C(C)NC(C)=C(OC(=O)O)C1c1cccc([N+](=O)[O-])c1. The molecule has 0 aliphatic carbocycles. The molecule has 2 rings (SSSR count). The minimum Gasteiger partial charge on any atom is -0.449 e. The first-order valence-corrected chi connectivity index (χ1v) is 8.41. The molecule has 1 aliphatic heterocycles. The summed E-state index contributed by atoms with van der Waals surface area (Å²) in [6, 6.07) is 5.51. The molecule has 11 heteroatoms. The van der Waals surface area contributed by atoms with Crippen molar-refractivity contribution >= 4 is 18.0 Å². The fourth-order valence-corrected chi connectivity index (χ4v) is 2.77. The highest BCUT2D eigenvalue weighted by atomic mass is 16.7. The normalized spacial score (nSPS) is 16.2. The maximum atomic E-state index is 12.1. The van der Waals surface area contributed by atoms with E-state index in [-0.39, 0.29) is 30.4 Å². The van der Waals surface area contributed by atoms with Gasteiger partial charge < -0.3 is 29.4 Å². The highest BCUT2D eigenvalue weighted by Crippen LogP contribution is 2.40. The van der Waals surface area contributed by atoms with Crippen LogP contribution in [0.1, 0.15) is 25.3 Å². The lowest BCUT2D eigenvalue weighted by molar-refractivity contribution is -0.384. The first-order valence-electron chi connectivity index (χ1n) is 8.41. The maximum absolute atomic E-state index is 12.1. The van der Waals surface area contributed by atoms with Crippen molar-refractivity contribution in [1.29, 1.82) is 0 Å². The van der Waals surface area contributed by atoms with Crippen LogP contribution in [0.25, 0.3) is 0 Å². The molecule has 11 nitrogen and oxygen atoms in total. The van der Waals surface area contributed by atoms with Crippen molar-refractivity contribution < 1.29 is 38.6 Å². The number of rotatable bonds is 7. The van der Waals surface area contributed by atoms with Crippen molar-refractivity contribution in [2.24, 2.45) is 0 Å². The molecular weight excluding hydrogens is 388 g/mol. The van der Waals surface area contributed by atoms with E-state index in [4.69, 9.17) is 24.1 Å². The van der Waals surface area contributed by atoms with E-state index in [0.29, 0.717) is 17.0 Å². The Hall–Kier alpha value is -3.60. The van der Waals surface area contributed by atoms with Crippen molar-refractivity contribution in [3.8, 4) is 0 Å². The highest BCUT2D eigenvalue weighted by Gasteiger charge is 2.36. The van der Waals surface area contributed by atoms with Gasteiger partial charge in [-0.2, -0.15) is 0 Å². The van der Waals surface area contributed by atoms with Gasteiger partial charge in [0.2, 0.25) is 0 Å². The van der Waals surface area contributed by atoms with Crippen LogP contribution < -0.4 is 5.32 Å². The van der Waals surface area contributed by atoms with Gasteiger partial charge in [-0.05, 0) is 19.4 Å². The van der Waals surface area contributed by atoms with E-state index in [1.807, 2.05) is 0 Å². The van der Waals surface area contributed by atoms with E-state index in [0.717, 1.165) is 0 Å². The third-order valence-electron chi connectivity index (χ3n) is 3.95. The van der Waals surface area contributed by atoms with Crippen molar-refractivity contribution in [3.05, 3.63) is 62.9 Å². The van der Waals surface area contributed by atoms with Gasteiger partial charge in [-0.25, -0.2) is 9.59 Å². The minimum atomic E-state index is -1.59. The molecule has 1 atom stereocenters. The number of methoxy groups -OCH3 is 1. The lowest BCUT2D eigenvalue weighted by Gasteiger charge is -2.29. The standard InChI is InChI=1S/C18H20N2O9/c1-10-15(28-17(21)22)14(12-5-4-6-13(9-12)20(24)25)16(11(2)19-10)29-18(23)27-8-7-26-3/h4-6,9,14,19H,7-8H2,1-3H3,(H,21,22). The molecule has 0 bridgehead atoms. The number of nitrogens with one attached hydrogen (secondary N) is 1. The Kier molecular flexibility index (Phi) is 7.15. The number of non-ortho nitro benzene ring substituents is 1. The summed E-state index contributed by atoms with van der Waals surface area (Å²) < 4.78 is 19.9. The van der Waals surface area contributed by atoms with E-state index in [1.165, 1.54) is 31.4 Å². The Morgan fingerprint density at radius 3 is 2.41 bits per heavy atom. The topological polar surface area (TPSA) is 146 Å². The van der Waals surface area contributed by atoms with Gasteiger partial charge >= 0.3 is 12.3 Å². The van der Waals surface area contributed by atoms with Crippen LogP contribution in [0.5, 0.6) is 0 Å². The highest BCUT2D eigenvalue weighted by molar-refractivity contribution is 5.64. The van der Waals surface area contributed by atoms with Crippen molar-refractivity contribution in [2.45, 2.75) is 19.8 Å². The summed E-state index contributed by atoms with van der Waals surface area (Å²) in [5, 5.41) is 23.1. The molecule has 0 saturated carbocycles. The molecule has 0 fully saturated rings. The monoisotopic (exact) mass is 408 g/mol. The van der Waals surface area contributed by atoms with E-state index in [9.17, 15) is 19.7 Å². The predicted molar refractivity (Wildman–Crippen MR) is 97.8 cm³/mol. The third-order valence-corrected chi connectivity index (χ3v) is 3.95. The molecular formula is C18H20N2O9. The Balaban J connectivity index is 2.47. The van der Waals surface area contributed by atoms with Gasteiger partial charge in [0.15, 0.2) is 0 Å². The molecule has 0 amide bonds. The fourth-order valence-electron chi connectivity index (χ4n) is 2.77. The second-order valence-corrected chi connectivity index (χ2v) is 5.95. The van der Waals surface area contributed by atoms with Crippen LogP contribution >= 0.6 is 0 Å².